The fraction of sp³-hybridized carbons (Fsp3) is 0.111. The number of nitrogens with zero attached hydrogens (tertiary/aromatic N) is 2. The summed E-state index contributed by atoms with van der Waals surface area (Å²) < 4.78 is 10.4. The lowest BCUT2D eigenvalue weighted by Crippen LogP contribution is -2.27. The van der Waals surface area contributed by atoms with Gasteiger partial charge in [-0.25, -0.2) is 0 Å². The minimum absolute atomic E-state index is 0.0342. The van der Waals surface area contributed by atoms with Crippen LogP contribution in [0.5, 0.6) is 11.5 Å². The maximum absolute atomic E-state index is 12.7. The third-order valence-electron chi connectivity index (χ3n) is 4.13. The number of halogens is 1. The number of thioether (sulfide) groups is 1. The van der Waals surface area contributed by atoms with Gasteiger partial charge in [0.2, 0.25) is 6.79 Å². The molecule has 8 nitrogen and oxygen atoms in total. The van der Waals surface area contributed by atoms with Crippen molar-refractivity contribution in [2.75, 3.05) is 6.79 Å². The van der Waals surface area contributed by atoms with Crippen LogP contribution in [0, 0.1) is 10.1 Å². The molecule has 0 saturated carbocycles. The molecule has 142 valence electrons. The molecule has 1 saturated heterocycles. The van der Waals surface area contributed by atoms with Gasteiger partial charge in [-0.15, -0.1) is 0 Å². The van der Waals surface area contributed by atoms with Crippen LogP contribution in [0.25, 0.3) is 6.08 Å². The monoisotopic (exact) mass is 418 g/mol. The SMILES string of the molecule is O=C1S/C(=C\c2cc3c(cc2[N+](=O)[O-])OCO3)C(=O)N1Cc1ccc(Cl)cc1. The van der Waals surface area contributed by atoms with E-state index in [0.717, 1.165) is 22.2 Å². The Morgan fingerprint density at radius 1 is 1.18 bits per heavy atom. The van der Waals surface area contributed by atoms with Crippen LogP contribution in [0.4, 0.5) is 10.5 Å². The molecule has 2 aliphatic rings. The Kier molecular flexibility index (Phi) is 4.70. The van der Waals surface area contributed by atoms with Crippen molar-refractivity contribution >= 4 is 46.3 Å². The molecule has 0 atom stereocenters. The molecular formula is C18H11ClN2O6S. The lowest BCUT2D eigenvalue weighted by Gasteiger charge is -2.12. The number of nitro benzene ring substituents is 1. The highest BCUT2D eigenvalue weighted by Gasteiger charge is 2.36. The zero-order valence-corrected chi connectivity index (χ0v) is 15.7. The Hall–Kier alpha value is -3.04. The van der Waals surface area contributed by atoms with Crippen LogP contribution < -0.4 is 9.47 Å². The number of carbonyl (C=O) groups excluding carboxylic acids is 2. The van der Waals surface area contributed by atoms with Gasteiger partial charge in [0.15, 0.2) is 11.5 Å². The average Bonchev–Trinajstić information content (AvgIpc) is 3.22. The van der Waals surface area contributed by atoms with Crippen molar-refractivity contribution < 1.29 is 24.0 Å². The van der Waals surface area contributed by atoms with Crippen LogP contribution in [0.3, 0.4) is 0 Å². The molecular weight excluding hydrogens is 408 g/mol. The standard InChI is InChI=1S/C18H11ClN2O6S/c19-12-3-1-10(2-4-12)8-20-17(22)16(28-18(20)23)6-11-5-14-15(27-9-26-14)7-13(11)21(24)25/h1-7H,8-9H2/b16-6-. The van der Waals surface area contributed by atoms with Crippen LogP contribution in [-0.4, -0.2) is 27.8 Å². The molecule has 0 spiro atoms. The van der Waals surface area contributed by atoms with E-state index in [4.69, 9.17) is 21.1 Å². The highest BCUT2D eigenvalue weighted by atomic mass is 35.5. The molecule has 10 heteroatoms. The van der Waals surface area contributed by atoms with Crippen molar-refractivity contribution in [2.45, 2.75) is 6.54 Å². The number of imide groups is 1. The fourth-order valence-corrected chi connectivity index (χ4v) is 3.73. The molecule has 4 rings (SSSR count). The van der Waals surface area contributed by atoms with Crippen molar-refractivity contribution in [2.24, 2.45) is 0 Å². The molecule has 0 N–H and O–H groups in total. The van der Waals surface area contributed by atoms with Crippen molar-refractivity contribution in [3.8, 4) is 11.5 Å². The van der Waals surface area contributed by atoms with Crippen molar-refractivity contribution in [3.05, 3.63) is 67.6 Å². The summed E-state index contributed by atoms with van der Waals surface area (Å²) in [7, 11) is 0. The lowest BCUT2D eigenvalue weighted by molar-refractivity contribution is -0.385. The number of hydrogen-bond acceptors (Lipinski definition) is 7. The Labute approximate surface area is 167 Å². The van der Waals surface area contributed by atoms with E-state index < -0.39 is 16.1 Å². The van der Waals surface area contributed by atoms with Gasteiger partial charge in [0.1, 0.15) is 0 Å². The quantitative estimate of drug-likeness (QED) is 0.416. The Morgan fingerprint density at radius 3 is 2.54 bits per heavy atom. The summed E-state index contributed by atoms with van der Waals surface area (Å²) in [6.45, 7) is 0.0515. The molecule has 0 bridgehead atoms. The van der Waals surface area contributed by atoms with Crippen molar-refractivity contribution in [3.63, 3.8) is 0 Å². The second-order valence-electron chi connectivity index (χ2n) is 5.92. The summed E-state index contributed by atoms with van der Waals surface area (Å²) in [4.78, 5) is 36.9. The zero-order valence-electron chi connectivity index (χ0n) is 14.1. The number of hydrogen-bond donors (Lipinski definition) is 0. The largest absolute Gasteiger partial charge is 0.454 e. The lowest BCUT2D eigenvalue weighted by atomic mass is 10.1. The molecule has 28 heavy (non-hydrogen) atoms. The number of nitro groups is 1. The summed E-state index contributed by atoms with van der Waals surface area (Å²) in [5, 5.41) is 11.5. The summed E-state index contributed by atoms with van der Waals surface area (Å²) in [5.41, 5.74) is 0.655. The maximum atomic E-state index is 12.7. The molecule has 0 aliphatic carbocycles. The van der Waals surface area contributed by atoms with Gasteiger partial charge < -0.3 is 9.47 Å². The van der Waals surface area contributed by atoms with Gasteiger partial charge in [0, 0.05) is 5.02 Å². The highest BCUT2D eigenvalue weighted by molar-refractivity contribution is 8.18. The first-order chi connectivity index (χ1) is 13.4. The molecule has 2 heterocycles. The van der Waals surface area contributed by atoms with Crippen molar-refractivity contribution in [1.29, 1.82) is 0 Å². The van der Waals surface area contributed by atoms with Crippen LogP contribution in [0.1, 0.15) is 11.1 Å². The summed E-state index contributed by atoms with van der Waals surface area (Å²) in [6, 6.07) is 9.44. The molecule has 2 amide bonds. The van der Waals surface area contributed by atoms with Gasteiger partial charge in [-0.05, 0) is 41.6 Å². The van der Waals surface area contributed by atoms with E-state index in [0.29, 0.717) is 10.8 Å². The van der Waals surface area contributed by atoms with Gasteiger partial charge in [0.05, 0.1) is 28.0 Å². The van der Waals surface area contributed by atoms with Gasteiger partial charge in [0.25, 0.3) is 16.8 Å². The summed E-state index contributed by atoms with van der Waals surface area (Å²) >= 11 is 6.58. The van der Waals surface area contributed by atoms with E-state index in [9.17, 15) is 19.7 Å². The van der Waals surface area contributed by atoms with E-state index >= 15 is 0 Å². The van der Waals surface area contributed by atoms with Gasteiger partial charge in [-0.3, -0.25) is 24.6 Å². The van der Waals surface area contributed by atoms with Gasteiger partial charge >= 0.3 is 0 Å². The second kappa shape index (κ2) is 7.17. The number of benzene rings is 2. The first kappa shape index (κ1) is 18.3. The fourth-order valence-electron chi connectivity index (χ4n) is 2.77. The van der Waals surface area contributed by atoms with E-state index in [1.54, 1.807) is 24.3 Å². The molecule has 0 unspecified atom stereocenters. The number of fused-ring (bicyclic) bond motifs is 1. The molecule has 2 aliphatic heterocycles. The number of ether oxygens (including phenoxy) is 2. The molecule has 1 fully saturated rings. The summed E-state index contributed by atoms with van der Waals surface area (Å²) in [6.07, 6.45) is 1.33. The minimum atomic E-state index is -0.578. The van der Waals surface area contributed by atoms with Gasteiger partial charge in [-0.2, -0.15) is 0 Å². The van der Waals surface area contributed by atoms with Crippen LogP contribution in [0.15, 0.2) is 41.3 Å². The topological polar surface area (TPSA) is 99.0 Å². The van der Waals surface area contributed by atoms with E-state index in [2.05, 4.69) is 0 Å². The average molecular weight is 419 g/mol. The maximum Gasteiger partial charge on any atom is 0.293 e. The second-order valence-corrected chi connectivity index (χ2v) is 7.35. The Balaban J connectivity index is 1.64. The van der Waals surface area contributed by atoms with E-state index in [1.807, 2.05) is 0 Å². The Morgan fingerprint density at radius 2 is 1.86 bits per heavy atom. The predicted molar refractivity (Wildman–Crippen MR) is 102 cm³/mol. The van der Waals surface area contributed by atoms with E-state index in [-0.39, 0.29) is 35.2 Å². The smallest absolute Gasteiger partial charge is 0.293 e. The number of amides is 2. The zero-order chi connectivity index (χ0) is 19.8. The third-order valence-corrected chi connectivity index (χ3v) is 5.29. The molecule has 2 aromatic carbocycles. The minimum Gasteiger partial charge on any atom is -0.454 e. The highest BCUT2D eigenvalue weighted by Crippen LogP contribution is 2.41. The van der Waals surface area contributed by atoms with Crippen LogP contribution >= 0.6 is 23.4 Å². The Bertz CT molecular complexity index is 1040. The van der Waals surface area contributed by atoms with Crippen LogP contribution in [-0.2, 0) is 11.3 Å². The summed E-state index contributed by atoms with van der Waals surface area (Å²) in [5.74, 6) is 0.0915. The predicted octanol–water partition coefficient (Wildman–Crippen LogP) is 4.21. The molecule has 0 aromatic heterocycles. The number of rotatable bonds is 4. The van der Waals surface area contributed by atoms with E-state index in [1.165, 1.54) is 18.2 Å². The molecule has 0 radical (unpaired) electrons. The first-order valence-electron chi connectivity index (χ1n) is 8.00. The third kappa shape index (κ3) is 3.41. The molecule has 2 aromatic rings. The number of carbonyl (C=O) groups is 2. The van der Waals surface area contributed by atoms with Crippen molar-refractivity contribution in [1.82, 2.24) is 4.90 Å². The first-order valence-corrected chi connectivity index (χ1v) is 9.19. The van der Waals surface area contributed by atoms with Crippen LogP contribution in [0.2, 0.25) is 5.02 Å². The van der Waals surface area contributed by atoms with Gasteiger partial charge in [-0.1, -0.05) is 23.7 Å². The normalized spacial score (nSPS) is 16.9.